The summed E-state index contributed by atoms with van der Waals surface area (Å²) in [6, 6.07) is 12.8. The number of sulfonamides is 1. The van der Waals surface area contributed by atoms with Gasteiger partial charge < -0.3 is 15.0 Å². The average molecular weight is 442 g/mol. The molecule has 2 N–H and O–H groups in total. The number of para-hydroxylation sites is 2. The Kier molecular flexibility index (Phi) is 5.75. The van der Waals surface area contributed by atoms with E-state index in [9.17, 15) is 18.0 Å². The van der Waals surface area contributed by atoms with Gasteiger partial charge in [-0.05, 0) is 36.4 Å². The number of nitrogens with zero attached hydrogens (tertiary/aromatic N) is 3. The molecule has 4 rings (SSSR count). The van der Waals surface area contributed by atoms with Crippen LogP contribution in [0.4, 0.5) is 0 Å². The smallest absolute Gasteiger partial charge is 0.335 e. The van der Waals surface area contributed by atoms with E-state index < -0.39 is 16.0 Å². The second-order valence-corrected chi connectivity index (χ2v) is 9.25. The summed E-state index contributed by atoms with van der Waals surface area (Å²) in [6.45, 7) is 1.01. The number of aromatic nitrogens is 2. The van der Waals surface area contributed by atoms with Crippen LogP contribution in [0.25, 0.3) is 11.0 Å². The number of hydrogen-bond donors (Lipinski definition) is 2. The first-order chi connectivity index (χ1) is 14.8. The predicted molar refractivity (Wildman–Crippen MR) is 113 cm³/mol. The quantitative estimate of drug-likeness (QED) is 0.599. The highest BCUT2D eigenvalue weighted by Crippen LogP contribution is 2.19. The van der Waals surface area contributed by atoms with Crippen LogP contribution in [0, 0.1) is 0 Å². The maximum atomic E-state index is 12.8. The van der Waals surface area contributed by atoms with E-state index in [0.717, 1.165) is 16.9 Å². The highest BCUT2D eigenvalue weighted by molar-refractivity contribution is 7.89. The lowest BCUT2D eigenvalue weighted by molar-refractivity contribution is -0.132. The number of carboxylic acid groups (broad SMARTS) is 1. The van der Waals surface area contributed by atoms with Crippen molar-refractivity contribution < 1.29 is 23.1 Å². The topological polar surface area (TPSA) is 124 Å². The van der Waals surface area contributed by atoms with Crippen LogP contribution < -0.4 is 0 Å². The van der Waals surface area contributed by atoms with Crippen LogP contribution in [-0.2, 0) is 21.2 Å². The molecule has 2 aromatic carbocycles. The largest absolute Gasteiger partial charge is 0.478 e. The third-order valence-electron chi connectivity index (χ3n) is 5.34. The fourth-order valence-electron chi connectivity index (χ4n) is 3.60. The number of carbonyl (C=O) groups excluding carboxylic acids is 1. The number of piperazine rings is 1. The zero-order valence-corrected chi connectivity index (χ0v) is 17.5. The number of hydrogen-bond acceptors (Lipinski definition) is 5. The number of carbonyl (C=O) groups is 2. The zero-order chi connectivity index (χ0) is 22.0. The zero-order valence-electron chi connectivity index (χ0n) is 16.7. The second kappa shape index (κ2) is 8.48. The molecule has 2 heterocycles. The van der Waals surface area contributed by atoms with Gasteiger partial charge in [-0.15, -0.1) is 0 Å². The van der Waals surface area contributed by atoms with E-state index in [1.54, 1.807) is 4.90 Å². The molecule has 1 aromatic heterocycles. The Morgan fingerprint density at radius 1 is 1.00 bits per heavy atom. The lowest BCUT2D eigenvalue weighted by Gasteiger charge is -2.34. The van der Waals surface area contributed by atoms with E-state index in [1.165, 1.54) is 28.6 Å². The standard InChI is InChI=1S/C21H22N4O5S/c26-20(10-9-19-22-17-3-1-2-4-18(17)23-19)24-11-13-25(14-12-24)31(29,30)16-7-5-15(6-8-16)21(27)28/h1-8H,9-14H2,(H,22,23)(H,27,28). The number of rotatable bonds is 6. The van der Waals surface area contributed by atoms with Crippen molar-refractivity contribution in [1.82, 2.24) is 19.2 Å². The fraction of sp³-hybridized carbons (Fsp3) is 0.286. The molecule has 1 aliphatic heterocycles. The van der Waals surface area contributed by atoms with Gasteiger partial charge in [-0.1, -0.05) is 12.1 Å². The first-order valence-corrected chi connectivity index (χ1v) is 11.3. The molecule has 0 spiro atoms. The van der Waals surface area contributed by atoms with Crippen LogP contribution in [0.5, 0.6) is 0 Å². The summed E-state index contributed by atoms with van der Waals surface area (Å²) in [5, 5.41) is 8.96. The number of aromatic amines is 1. The van der Waals surface area contributed by atoms with Gasteiger partial charge in [-0.25, -0.2) is 18.2 Å². The third-order valence-corrected chi connectivity index (χ3v) is 7.26. The summed E-state index contributed by atoms with van der Waals surface area (Å²) in [7, 11) is -3.74. The molecule has 0 aliphatic carbocycles. The summed E-state index contributed by atoms with van der Waals surface area (Å²) in [5.41, 5.74) is 1.82. The number of nitrogens with one attached hydrogen (secondary N) is 1. The molecular weight excluding hydrogens is 420 g/mol. The SMILES string of the molecule is O=C(O)c1ccc(S(=O)(=O)N2CCN(C(=O)CCc3nc4ccccc4[nH]3)CC2)cc1. The van der Waals surface area contributed by atoms with Crippen molar-refractivity contribution in [2.45, 2.75) is 17.7 Å². The van der Waals surface area contributed by atoms with E-state index in [0.29, 0.717) is 25.9 Å². The van der Waals surface area contributed by atoms with Gasteiger partial charge >= 0.3 is 5.97 Å². The summed E-state index contributed by atoms with van der Waals surface area (Å²) >= 11 is 0. The Balaban J connectivity index is 1.33. The number of imidazole rings is 1. The van der Waals surface area contributed by atoms with Gasteiger partial charge in [-0.3, -0.25) is 4.79 Å². The van der Waals surface area contributed by atoms with Crippen LogP contribution in [0.1, 0.15) is 22.6 Å². The van der Waals surface area contributed by atoms with E-state index in [1.807, 2.05) is 24.3 Å². The van der Waals surface area contributed by atoms with E-state index in [-0.39, 0.29) is 29.5 Å². The summed E-state index contributed by atoms with van der Waals surface area (Å²) < 4.78 is 26.9. The first kappa shape index (κ1) is 21.0. The maximum Gasteiger partial charge on any atom is 0.335 e. The molecule has 1 aliphatic rings. The van der Waals surface area contributed by atoms with Gasteiger partial charge in [0.05, 0.1) is 21.5 Å². The number of aromatic carboxylic acids is 1. The first-order valence-electron chi connectivity index (χ1n) is 9.89. The van der Waals surface area contributed by atoms with Crippen molar-refractivity contribution in [3.8, 4) is 0 Å². The number of aryl methyl sites for hydroxylation is 1. The molecule has 3 aromatic rings. The van der Waals surface area contributed by atoms with Gasteiger partial charge in [0, 0.05) is 39.0 Å². The molecule has 0 unspecified atom stereocenters. The number of benzene rings is 2. The molecule has 0 saturated carbocycles. The molecule has 0 radical (unpaired) electrons. The molecule has 1 saturated heterocycles. The molecule has 162 valence electrons. The fourth-order valence-corrected chi connectivity index (χ4v) is 5.03. The molecule has 0 atom stereocenters. The second-order valence-electron chi connectivity index (χ2n) is 7.32. The molecule has 0 bridgehead atoms. The Bertz CT molecular complexity index is 1180. The molecule has 1 fully saturated rings. The Morgan fingerprint density at radius 2 is 1.68 bits per heavy atom. The molecular formula is C21H22N4O5S. The molecule has 1 amide bonds. The monoisotopic (exact) mass is 442 g/mol. The number of amides is 1. The normalized spacial score (nSPS) is 15.3. The number of fused-ring (bicyclic) bond motifs is 1. The van der Waals surface area contributed by atoms with Gasteiger partial charge in [0.1, 0.15) is 5.82 Å². The van der Waals surface area contributed by atoms with E-state index in [2.05, 4.69) is 9.97 Å². The Morgan fingerprint density at radius 3 is 2.32 bits per heavy atom. The van der Waals surface area contributed by atoms with Crippen LogP contribution in [0.2, 0.25) is 0 Å². The highest BCUT2D eigenvalue weighted by Gasteiger charge is 2.30. The average Bonchev–Trinajstić information content (AvgIpc) is 3.20. The number of carboxylic acids is 1. The minimum absolute atomic E-state index is 0.0267. The van der Waals surface area contributed by atoms with Crippen LogP contribution in [0.3, 0.4) is 0 Å². The van der Waals surface area contributed by atoms with Crippen LogP contribution in [-0.4, -0.2) is 70.8 Å². The Hall–Kier alpha value is -3.24. The summed E-state index contributed by atoms with van der Waals surface area (Å²) in [4.78, 5) is 32.9. The molecule has 31 heavy (non-hydrogen) atoms. The summed E-state index contributed by atoms with van der Waals surface area (Å²) in [5.74, 6) is -0.400. The Labute approximate surface area is 179 Å². The third kappa shape index (κ3) is 4.44. The van der Waals surface area contributed by atoms with Crippen molar-refractivity contribution in [2.24, 2.45) is 0 Å². The minimum atomic E-state index is -3.74. The molecule has 9 nitrogen and oxygen atoms in total. The van der Waals surface area contributed by atoms with E-state index in [4.69, 9.17) is 5.11 Å². The van der Waals surface area contributed by atoms with Crippen molar-refractivity contribution in [3.05, 3.63) is 59.9 Å². The van der Waals surface area contributed by atoms with Gasteiger partial charge in [0.2, 0.25) is 15.9 Å². The van der Waals surface area contributed by atoms with Crippen molar-refractivity contribution in [2.75, 3.05) is 26.2 Å². The van der Waals surface area contributed by atoms with Gasteiger partial charge in [0.25, 0.3) is 0 Å². The van der Waals surface area contributed by atoms with Crippen molar-refractivity contribution >= 4 is 32.9 Å². The van der Waals surface area contributed by atoms with Crippen molar-refractivity contribution in [3.63, 3.8) is 0 Å². The van der Waals surface area contributed by atoms with Crippen LogP contribution >= 0.6 is 0 Å². The minimum Gasteiger partial charge on any atom is -0.478 e. The van der Waals surface area contributed by atoms with Gasteiger partial charge in [0.15, 0.2) is 0 Å². The highest BCUT2D eigenvalue weighted by atomic mass is 32.2. The van der Waals surface area contributed by atoms with Gasteiger partial charge in [-0.2, -0.15) is 4.31 Å². The maximum absolute atomic E-state index is 12.8. The number of H-pyrrole nitrogens is 1. The lowest BCUT2D eigenvalue weighted by atomic mass is 10.2. The summed E-state index contributed by atoms with van der Waals surface area (Å²) in [6.07, 6.45) is 0.783. The van der Waals surface area contributed by atoms with E-state index >= 15 is 0 Å². The van der Waals surface area contributed by atoms with Crippen LogP contribution in [0.15, 0.2) is 53.4 Å². The predicted octanol–water partition coefficient (Wildman–Crippen LogP) is 1.73. The van der Waals surface area contributed by atoms with Crippen molar-refractivity contribution in [1.29, 1.82) is 0 Å². The molecule has 10 heteroatoms. The lowest BCUT2D eigenvalue weighted by Crippen LogP contribution is -2.50.